The second-order valence-corrected chi connectivity index (χ2v) is 6.11. The van der Waals surface area contributed by atoms with Crippen LogP contribution in [0.15, 0.2) is 24.3 Å². The Labute approximate surface area is 117 Å². The quantitative estimate of drug-likeness (QED) is 0.863. The Balaban J connectivity index is 1.91. The van der Waals surface area contributed by atoms with Gasteiger partial charge in [-0.1, -0.05) is 25.1 Å². The van der Waals surface area contributed by atoms with Crippen molar-refractivity contribution in [1.29, 1.82) is 0 Å². The minimum absolute atomic E-state index is 0.161. The molecule has 1 aromatic carbocycles. The number of alkyl halides is 3. The number of hydrogen-bond acceptors (Lipinski definition) is 1. The van der Waals surface area contributed by atoms with Gasteiger partial charge in [-0.3, -0.25) is 0 Å². The molecule has 3 rings (SSSR count). The first-order chi connectivity index (χ1) is 9.50. The average Bonchev–Trinajstić information content (AvgIpc) is 3.02. The van der Waals surface area contributed by atoms with Crippen LogP contribution in [0.25, 0.3) is 0 Å². The zero-order chi connectivity index (χ0) is 14.3. The average molecular weight is 283 g/mol. The number of fused-ring (bicyclic) bond motifs is 1. The summed E-state index contributed by atoms with van der Waals surface area (Å²) in [7, 11) is 0. The summed E-state index contributed by atoms with van der Waals surface area (Å²) < 4.78 is 39.6. The zero-order valence-electron chi connectivity index (χ0n) is 11.6. The standard InChI is InChI=1S/C16H20F3N/c1-2-20-15(12-8-10-7-11(10)9-12)13-5-3-4-6-14(13)16(17,18)19/h3-6,10-12,15,20H,2,7-9H2,1H3. The van der Waals surface area contributed by atoms with Gasteiger partial charge in [0.05, 0.1) is 5.56 Å². The molecule has 1 aromatic rings. The van der Waals surface area contributed by atoms with Gasteiger partial charge in [0.15, 0.2) is 0 Å². The van der Waals surface area contributed by atoms with Crippen LogP contribution in [0.5, 0.6) is 0 Å². The normalized spacial score (nSPS) is 30.1. The molecular formula is C16H20F3N. The number of hydrogen-bond donors (Lipinski definition) is 1. The number of rotatable bonds is 4. The maximum Gasteiger partial charge on any atom is 0.416 e. The van der Waals surface area contributed by atoms with Gasteiger partial charge in [-0.15, -0.1) is 0 Å². The largest absolute Gasteiger partial charge is 0.416 e. The summed E-state index contributed by atoms with van der Waals surface area (Å²) in [4.78, 5) is 0. The molecule has 0 amide bonds. The van der Waals surface area contributed by atoms with Crippen molar-refractivity contribution in [1.82, 2.24) is 5.32 Å². The first-order valence-corrected chi connectivity index (χ1v) is 7.40. The summed E-state index contributed by atoms with van der Waals surface area (Å²) in [6.07, 6.45) is -0.828. The molecule has 3 atom stereocenters. The second-order valence-electron chi connectivity index (χ2n) is 6.11. The summed E-state index contributed by atoms with van der Waals surface area (Å²) in [5.41, 5.74) is -0.0559. The van der Waals surface area contributed by atoms with Crippen LogP contribution in [0, 0.1) is 17.8 Å². The third kappa shape index (κ3) is 2.58. The van der Waals surface area contributed by atoms with Gasteiger partial charge in [0, 0.05) is 6.04 Å². The van der Waals surface area contributed by atoms with Gasteiger partial charge >= 0.3 is 6.18 Å². The van der Waals surface area contributed by atoms with E-state index in [-0.39, 0.29) is 6.04 Å². The van der Waals surface area contributed by atoms with Crippen LogP contribution in [0.4, 0.5) is 13.2 Å². The van der Waals surface area contributed by atoms with Crippen molar-refractivity contribution in [2.45, 2.75) is 38.4 Å². The Morgan fingerprint density at radius 1 is 1.15 bits per heavy atom. The van der Waals surface area contributed by atoms with Crippen LogP contribution < -0.4 is 5.32 Å². The SMILES string of the molecule is CCNC(c1ccccc1C(F)(F)F)C1CC2CC2C1. The molecule has 0 saturated heterocycles. The molecule has 0 heterocycles. The summed E-state index contributed by atoms with van der Waals surface area (Å²) in [6, 6.07) is 5.87. The van der Waals surface area contributed by atoms with Crippen molar-refractivity contribution in [3.05, 3.63) is 35.4 Å². The molecule has 1 nitrogen and oxygen atoms in total. The Morgan fingerprint density at radius 2 is 1.80 bits per heavy atom. The lowest BCUT2D eigenvalue weighted by atomic mass is 9.86. The van der Waals surface area contributed by atoms with Gasteiger partial charge in [0.25, 0.3) is 0 Å². The molecule has 110 valence electrons. The van der Waals surface area contributed by atoms with Gasteiger partial charge in [-0.2, -0.15) is 13.2 Å². The summed E-state index contributed by atoms with van der Waals surface area (Å²) in [5.74, 6) is 1.90. The molecule has 0 aromatic heterocycles. The van der Waals surface area contributed by atoms with Gasteiger partial charge in [0.2, 0.25) is 0 Å². The lowest BCUT2D eigenvalue weighted by molar-refractivity contribution is -0.138. The number of nitrogens with one attached hydrogen (secondary N) is 1. The Kier molecular flexibility index (Phi) is 3.53. The van der Waals surface area contributed by atoms with Gasteiger partial charge in [0.1, 0.15) is 0 Å². The minimum atomic E-state index is -4.27. The topological polar surface area (TPSA) is 12.0 Å². The van der Waals surface area contributed by atoms with E-state index in [1.807, 2.05) is 6.92 Å². The van der Waals surface area contributed by atoms with E-state index in [9.17, 15) is 13.2 Å². The second kappa shape index (κ2) is 5.06. The van der Waals surface area contributed by atoms with E-state index in [0.717, 1.165) is 24.7 Å². The predicted octanol–water partition coefficient (Wildman–Crippen LogP) is 4.40. The maximum atomic E-state index is 13.2. The van der Waals surface area contributed by atoms with Crippen LogP contribution in [-0.2, 0) is 6.18 Å². The van der Waals surface area contributed by atoms with Crippen molar-refractivity contribution < 1.29 is 13.2 Å². The number of benzene rings is 1. The Morgan fingerprint density at radius 3 is 2.40 bits per heavy atom. The van der Waals surface area contributed by atoms with Crippen molar-refractivity contribution in [3.63, 3.8) is 0 Å². The van der Waals surface area contributed by atoms with Gasteiger partial charge in [-0.05, 0) is 55.2 Å². The van der Waals surface area contributed by atoms with E-state index in [0.29, 0.717) is 18.0 Å². The van der Waals surface area contributed by atoms with E-state index in [2.05, 4.69) is 5.32 Å². The van der Waals surface area contributed by atoms with Crippen LogP contribution in [0.1, 0.15) is 43.4 Å². The lowest BCUT2D eigenvalue weighted by Gasteiger charge is -2.28. The molecule has 4 heteroatoms. The predicted molar refractivity (Wildman–Crippen MR) is 72.2 cm³/mol. The van der Waals surface area contributed by atoms with E-state index in [1.165, 1.54) is 18.6 Å². The van der Waals surface area contributed by atoms with Gasteiger partial charge < -0.3 is 5.32 Å². The highest BCUT2D eigenvalue weighted by atomic mass is 19.4. The summed E-state index contributed by atoms with van der Waals surface area (Å²) >= 11 is 0. The van der Waals surface area contributed by atoms with Crippen LogP contribution in [0.3, 0.4) is 0 Å². The highest BCUT2D eigenvalue weighted by Gasteiger charge is 2.49. The summed E-state index contributed by atoms with van der Waals surface area (Å²) in [5, 5.41) is 3.29. The third-order valence-corrected chi connectivity index (χ3v) is 4.78. The van der Waals surface area contributed by atoms with Crippen molar-refractivity contribution >= 4 is 0 Å². The molecule has 2 aliphatic carbocycles. The van der Waals surface area contributed by atoms with E-state index in [1.54, 1.807) is 12.1 Å². The van der Waals surface area contributed by atoms with Crippen molar-refractivity contribution in [2.24, 2.45) is 17.8 Å². The molecule has 2 aliphatic rings. The Hall–Kier alpha value is -1.03. The van der Waals surface area contributed by atoms with Crippen LogP contribution in [0.2, 0.25) is 0 Å². The summed E-state index contributed by atoms with van der Waals surface area (Å²) in [6.45, 7) is 2.65. The molecule has 0 bridgehead atoms. The lowest BCUT2D eigenvalue weighted by Crippen LogP contribution is -2.29. The molecule has 20 heavy (non-hydrogen) atoms. The molecule has 2 fully saturated rings. The fraction of sp³-hybridized carbons (Fsp3) is 0.625. The minimum Gasteiger partial charge on any atom is -0.310 e. The van der Waals surface area contributed by atoms with E-state index in [4.69, 9.17) is 0 Å². The van der Waals surface area contributed by atoms with Gasteiger partial charge in [-0.25, -0.2) is 0 Å². The first-order valence-electron chi connectivity index (χ1n) is 7.40. The molecule has 0 spiro atoms. The zero-order valence-corrected chi connectivity index (χ0v) is 11.6. The molecule has 0 radical (unpaired) electrons. The highest BCUT2D eigenvalue weighted by molar-refractivity contribution is 5.33. The Bertz CT molecular complexity index is 473. The molecule has 2 saturated carbocycles. The van der Waals surface area contributed by atoms with Crippen LogP contribution in [-0.4, -0.2) is 6.54 Å². The molecule has 3 unspecified atom stereocenters. The fourth-order valence-corrected chi connectivity index (χ4v) is 3.81. The smallest absolute Gasteiger partial charge is 0.310 e. The van der Waals surface area contributed by atoms with E-state index >= 15 is 0 Å². The third-order valence-electron chi connectivity index (χ3n) is 4.78. The van der Waals surface area contributed by atoms with Crippen molar-refractivity contribution in [3.8, 4) is 0 Å². The fourth-order valence-electron chi connectivity index (χ4n) is 3.81. The molecule has 1 N–H and O–H groups in total. The molecule has 0 aliphatic heterocycles. The van der Waals surface area contributed by atoms with Crippen LogP contribution >= 0.6 is 0 Å². The highest BCUT2D eigenvalue weighted by Crippen LogP contribution is 2.57. The van der Waals surface area contributed by atoms with Crippen molar-refractivity contribution in [2.75, 3.05) is 6.54 Å². The molecular weight excluding hydrogens is 263 g/mol. The number of halogens is 3. The first kappa shape index (κ1) is 13.9. The maximum absolute atomic E-state index is 13.2. The monoisotopic (exact) mass is 283 g/mol. The van der Waals surface area contributed by atoms with E-state index < -0.39 is 11.7 Å².